The Balaban J connectivity index is 1.33. The molecular formula is C22H28FN5O4. The summed E-state index contributed by atoms with van der Waals surface area (Å²) in [4.78, 5) is 30.6. The molecule has 0 aliphatic carbocycles. The molecule has 4 rings (SSSR count). The van der Waals surface area contributed by atoms with Gasteiger partial charge in [-0.2, -0.15) is 0 Å². The van der Waals surface area contributed by atoms with Crippen molar-refractivity contribution in [1.29, 1.82) is 0 Å². The number of unbranched alkanes of at least 4 members (excludes halogenated alkanes) is 2. The summed E-state index contributed by atoms with van der Waals surface area (Å²) in [6, 6.07) is 2.90. The molecule has 2 atom stereocenters. The van der Waals surface area contributed by atoms with E-state index >= 15 is 0 Å². The molecule has 1 saturated heterocycles. The summed E-state index contributed by atoms with van der Waals surface area (Å²) in [5.41, 5.74) is 6.32. The van der Waals surface area contributed by atoms with E-state index in [9.17, 15) is 14.0 Å². The fourth-order valence-corrected chi connectivity index (χ4v) is 4.17. The summed E-state index contributed by atoms with van der Waals surface area (Å²) < 4.78 is 27.5. The zero-order valence-electron chi connectivity index (χ0n) is 17.9. The van der Waals surface area contributed by atoms with E-state index in [0.717, 1.165) is 25.8 Å². The number of nitrogens with two attached hydrogens (primary N) is 1. The second-order valence-corrected chi connectivity index (χ2v) is 8.12. The fourth-order valence-electron chi connectivity index (χ4n) is 4.17. The first-order valence-corrected chi connectivity index (χ1v) is 10.9. The van der Waals surface area contributed by atoms with Gasteiger partial charge in [-0.25, -0.2) is 9.38 Å². The highest BCUT2D eigenvalue weighted by molar-refractivity contribution is 5.77. The summed E-state index contributed by atoms with van der Waals surface area (Å²) in [6.07, 6.45) is 2.93. The average Bonchev–Trinajstić information content (AvgIpc) is 3.07. The molecule has 2 unspecified atom stereocenters. The van der Waals surface area contributed by atoms with Gasteiger partial charge in [0.25, 0.3) is 5.56 Å². The molecule has 1 amide bonds. The predicted molar refractivity (Wildman–Crippen MR) is 116 cm³/mol. The number of primary amides is 1. The number of imidazole rings is 1. The third-order valence-corrected chi connectivity index (χ3v) is 5.98. The van der Waals surface area contributed by atoms with Crippen molar-refractivity contribution in [2.45, 2.75) is 38.3 Å². The minimum atomic E-state index is -0.404. The van der Waals surface area contributed by atoms with Gasteiger partial charge in [0.05, 0.1) is 31.8 Å². The van der Waals surface area contributed by atoms with Gasteiger partial charge in [0.15, 0.2) is 0 Å². The number of aromatic nitrogens is 2. The Morgan fingerprint density at radius 3 is 3.00 bits per heavy atom. The van der Waals surface area contributed by atoms with Gasteiger partial charge in [0.2, 0.25) is 11.5 Å². The molecule has 1 aromatic heterocycles. The molecule has 172 valence electrons. The number of carbonyl (C=O) groups is 1. The Kier molecular flexibility index (Phi) is 6.71. The van der Waals surface area contributed by atoms with Crippen LogP contribution < -0.4 is 32.3 Å². The molecule has 0 saturated carbocycles. The minimum absolute atomic E-state index is 0.168. The number of morpholine rings is 1. The summed E-state index contributed by atoms with van der Waals surface area (Å²) in [6.45, 7) is 6.32. The Labute approximate surface area is 184 Å². The number of benzene rings is 1. The molecule has 10 heteroatoms. The SMILES string of the molecule is C=c1c(=O)[nH]c2n1Cc1c(F)ccc(OCCCCCC(C(N)=O)C3CNCCO3)c1N=2. The quantitative estimate of drug-likeness (QED) is 0.402. The molecule has 1 fully saturated rings. The summed E-state index contributed by atoms with van der Waals surface area (Å²) >= 11 is 0. The molecule has 9 nitrogen and oxygen atoms in total. The molecule has 3 heterocycles. The molecule has 0 spiro atoms. The van der Waals surface area contributed by atoms with Crippen LogP contribution in [0.4, 0.5) is 10.1 Å². The van der Waals surface area contributed by atoms with E-state index < -0.39 is 5.82 Å². The van der Waals surface area contributed by atoms with Crippen molar-refractivity contribution in [3.63, 3.8) is 0 Å². The Morgan fingerprint density at radius 1 is 1.41 bits per heavy atom. The topological polar surface area (TPSA) is 124 Å². The lowest BCUT2D eigenvalue weighted by atomic mass is 9.94. The first-order valence-electron chi connectivity index (χ1n) is 10.9. The van der Waals surface area contributed by atoms with E-state index in [1.54, 1.807) is 10.6 Å². The molecule has 4 N–H and O–H groups in total. The summed E-state index contributed by atoms with van der Waals surface area (Å²) in [5.74, 6) is -0.568. The lowest BCUT2D eigenvalue weighted by molar-refractivity contribution is -0.128. The van der Waals surface area contributed by atoms with Gasteiger partial charge in [0.1, 0.15) is 22.6 Å². The summed E-state index contributed by atoms with van der Waals surface area (Å²) in [5, 5.41) is 3.47. The van der Waals surface area contributed by atoms with Crippen LogP contribution in [0.2, 0.25) is 0 Å². The molecule has 1 aromatic carbocycles. The zero-order valence-corrected chi connectivity index (χ0v) is 17.9. The highest BCUT2D eigenvalue weighted by atomic mass is 19.1. The fraction of sp³-hybridized carbons (Fsp3) is 0.500. The van der Waals surface area contributed by atoms with E-state index in [0.29, 0.717) is 48.8 Å². The van der Waals surface area contributed by atoms with Gasteiger partial charge in [0, 0.05) is 18.7 Å². The number of ether oxygens (including phenoxy) is 2. The minimum Gasteiger partial charge on any atom is -0.491 e. The van der Waals surface area contributed by atoms with Crippen LogP contribution in [0, 0.1) is 11.7 Å². The van der Waals surface area contributed by atoms with Crippen LogP contribution >= 0.6 is 0 Å². The molecule has 2 aliphatic rings. The highest BCUT2D eigenvalue weighted by Gasteiger charge is 2.28. The number of amides is 1. The van der Waals surface area contributed by atoms with Crippen LogP contribution in [0.15, 0.2) is 21.9 Å². The van der Waals surface area contributed by atoms with Crippen LogP contribution in [-0.2, 0) is 16.1 Å². The second kappa shape index (κ2) is 9.66. The van der Waals surface area contributed by atoms with Crippen molar-refractivity contribution >= 4 is 18.2 Å². The van der Waals surface area contributed by atoms with Crippen LogP contribution in [0.3, 0.4) is 0 Å². The van der Waals surface area contributed by atoms with E-state index in [2.05, 4.69) is 21.9 Å². The van der Waals surface area contributed by atoms with Crippen LogP contribution in [0.25, 0.3) is 6.58 Å². The van der Waals surface area contributed by atoms with Crippen molar-refractivity contribution in [1.82, 2.24) is 14.9 Å². The van der Waals surface area contributed by atoms with Crippen molar-refractivity contribution in [2.24, 2.45) is 16.6 Å². The Hall–Kier alpha value is -2.98. The maximum atomic E-state index is 14.4. The van der Waals surface area contributed by atoms with Gasteiger partial charge in [-0.15, -0.1) is 0 Å². The number of H-pyrrole nitrogens is 1. The number of rotatable bonds is 9. The average molecular weight is 445 g/mol. The van der Waals surface area contributed by atoms with E-state index in [1.165, 1.54) is 6.07 Å². The van der Waals surface area contributed by atoms with Crippen molar-refractivity contribution in [2.75, 3.05) is 26.3 Å². The van der Waals surface area contributed by atoms with Gasteiger partial charge in [-0.1, -0.05) is 19.4 Å². The monoisotopic (exact) mass is 445 g/mol. The molecule has 0 bridgehead atoms. The largest absolute Gasteiger partial charge is 0.491 e. The normalized spacial score (nSPS) is 18.3. The number of nitrogens with one attached hydrogen (secondary N) is 2. The van der Waals surface area contributed by atoms with Crippen molar-refractivity contribution in [3.05, 3.63) is 44.8 Å². The molecule has 0 radical (unpaired) electrons. The number of fused-ring (bicyclic) bond motifs is 2. The number of hydrogen-bond donors (Lipinski definition) is 3. The number of carbonyl (C=O) groups excluding carboxylic acids is 1. The Bertz CT molecular complexity index is 1150. The van der Waals surface area contributed by atoms with E-state index in [4.69, 9.17) is 15.2 Å². The number of hydrogen-bond acceptors (Lipinski definition) is 6. The van der Waals surface area contributed by atoms with Crippen LogP contribution in [0.5, 0.6) is 5.75 Å². The van der Waals surface area contributed by atoms with Crippen LogP contribution in [0.1, 0.15) is 31.2 Å². The van der Waals surface area contributed by atoms with Gasteiger partial charge in [-0.3, -0.25) is 14.6 Å². The lowest BCUT2D eigenvalue weighted by Gasteiger charge is -2.29. The maximum Gasteiger partial charge on any atom is 0.274 e. The number of halogens is 1. The highest BCUT2D eigenvalue weighted by Crippen LogP contribution is 2.34. The molecule has 32 heavy (non-hydrogen) atoms. The second-order valence-electron chi connectivity index (χ2n) is 8.12. The van der Waals surface area contributed by atoms with Gasteiger partial charge < -0.3 is 25.1 Å². The lowest BCUT2D eigenvalue weighted by Crippen LogP contribution is -2.46. The predicted octanol–water partition coefficient (Wildman–Crippen LogP) is 0.0679. The maximum absolute atomic E-state index is 14.4. The van der Waals surface area contributed by atoms with Gasteiger partial charge in [-0.05, 0) is 25.0 Å². The molecule has 2 aliphatic heterocycles. The van der Waals surface area contributed by atoms with Crippen LogP contribution in [-0.4, -0.2) is 47.9 Å². The first-order chi connectivity index (χ1) is 15.5. The zero-order chi connectivity index (χ0) is 22.7. The van der Waals surface area contributed by atoms with Gasteiger partial charge >= 0.3 is 0 Å². The van der Waals surface area contributed by atoms with Crippen molar-refractivity contribution < 1.29 is 18.7 Å². The number of aromatic amines is 1. The van der Waals surface area contributed by atoms with E-state index in [-0.39, 0.29) is 35.4 Å². The van der Waals surface area contributed by atoms with Crippen molar-refractivity contribution in [3.8, 4) is 5.75 Å². The number of nitrogens with zero attached hydrogens (tertiary/aromatic N) is 2. The smallest absolute Gasteiger partial charge is 0.274 e. The standard InChI is InChI=1S/C22H28FN5O4/c1-13-21(30)27-22-26-19-15(12-28(13)22)16(23)6-7-17(19)31-9-4-2-3-5-14(20(24)29)18-11-25-8-10-32-18/h6-7,14,18,25H,1-5,8-12H2,(H2,24,29)(H,26,27,30). The Morgan fingerprint density at radius 2 is 2.25 bits per heavy atom. The molecule has 2 aromatic rings. The van der Waals surface area contributed by atoms with E-state index in [1.807, 2.05) is 0 Å². The third kappa shape index (κ3) is 4.61. The third-order valence-electron chi connectivity index (χ3n) is 5.98. The summed E-state index contributed by atoms with van der Waals surface area (Å²) in [7, 11) is 0. The molecular weight excluding hydrogens is 417 g/mol. The first kappa shape index (κ1) is 22.2.